The number of rotatable bonds is 1. The zero-order valence-corrected chi connectivity index (χ0v) is 13.0. The second-order valence-corrected chi connectivity index (χ2v) is 6.57. The number of ketones is 1. The van der Waals surface area contributed by atoms with Gasteiger partial charge in [0, 0.05) is 0 Å². The van der Waals surface area contributed by atoms with Crippen LogP contribution in [-0.4, -0.2) is 17.4 Å². The van der Waals surface area contributed by atoms with Crippen molar-refractivity contribution < 1.29 is 14.3 Å². The Balaban J connectivity index is 2.01. The van der Waals surface area contributed by atoms with Gasteiger partial charge in [0.25, 0.3) is 0 Å². The molecule has 1 aromatic rings. The molecule has 0 radical (unpaired) electrons. The maximum Gasteiger partial charge on any atom is 0.322 e. The Hall–Kier alpha value is -1.64. The lowest BCUT2D eigenvalue weighted by Gasteiger charge is -2.29. The Morgan fingerprint density at radius 2 is 1.57 bits per heavy atom. The molecular weight excluding hydrogens is 264 g/mol. The molecule has 0 N–H and O–H groups in total. The summed E-state index contributed by atoms with van der Waals surface area (Å²) in [6.45, 7) is 6.02. The predicted molar refractivity (Wildman–Crippen MR) is 80.3 cm³/mol. The van der Waals surface area contributed by atoms with Gasteiger partial charge in [0.05, 0.1) is 0 Å². The maximum atomic E-state index is 12.9. The predicted octanol–water partition coefficient (Wildman–Crippen LogP) is 3.52. The lowest BCUT2D eigenvalue weighted by atomic mass is 9.77. The largest absolute Gasteiger partial charge is 0.450 e. The van der Waals surface area contributed by atoms with Gasteiger partial charge in [-0.2, -0.15) is 0 Å². The molecule has 0 aromatic heterocycles. The maximum absolute atomic E-state index is 12.9. The molecule has 1 saturated carbocycles. The van der Waals surface area contributed by atoms with Crippen LogP contribution in [0, 0.1) is 20.8 Å². The van der Waals surface area contributed by atoms with Gasteiger partial charge in [0.15, 0.2) is 11.4 Å². The van der Waals surface area contributed by atoms with E-state index in [-0.39, 0.29) is 11.8 Å². The summed E-state index contributed by atoms with van der Waals surface area (Å²) in [5, 5.41) is 0. The van der Waals surface area contributed by atoms with Gasteiger partial charge < -0.3 is 4.74 Å². The zero-order valence-electron chi connectivity index (χ0n) is 13.0. The number of esters is 1. The molecule has 0 bridgehead atoms. The number of carbonyl (C=O) groups excluding carboxylic acids is 2. The topological polar surface area (TPSA) is 43.4 Å². The van der Waals surface area contributed by atoms with Crippen LogP contribution in [0.3, 0.4) is 0 Å². The van der Waals surface area contributed by atoms with E-state index in [0.29, 0.717) is 12.8 Å². The summed E-state index contributed by atoms with van der Waals surface area (Å²) in [6, 6.07) is 4.04. The quantitative estimate of drug-likeness (QED) is 0.586. The number of hydrogen-bond donors (Lipinski definition) is 0. The molecule has 3 rings (SSSR count). The zero-order chi connectivity index (χ0) is 15.2. The lowest BCUT2D eigenvalue weighted by Crippen LogP contribution is -2.39. The summed E-state index contributed by atoms with van der Waals surface area (Å²) in [4.78, 5) is 25.3. The Morgan fingerprint density at radius 1 is 0.952 bits per heavy atom. The van der Waals surface area contributed by atoms with E-state index in [1.165, 1.54) is 5.56 Å². The first-order valence-electron chi connectivity index (χ1n) is 7.79. The molecule has 3 nitrogen and oxygen atoms in total. The highest BCUT2D eigenvalue weighted by molar-refractivity contribution is 6.13. The molecule has 3 heteroatoms. The summed E-state index contributed by atoms with van der Waals surface area (Å²) >= 11 is 0. The number of hydrogen-bond acceptors (Lipinski definition) is 3. The van der Waals surface area contributed by atoms with Crippen LogP contribution in [0.1, 0.15) is 60.3 Å². The average molecular weight is 286 g/mol. The molecule has 1 aliphatic heterocycles. The summed E-state index contributed by atoms with van der Waals surface area (Å²) in [7, 11) is 0. The second-order valence-electron chi connectivity index (χ2n) is 6.57. The van der Waals surface area contributed by atoms with E-state index in [4.69, 9.17) is 4.74 Å². The van der Waals surface area contributed by atoms with Crippen molar-refractivity contribution in [2.75, 3.05) is 0 Å². The molecule has 1 aliphatic carbocycles. The van der Waals surface area contributed by atoms with E-state index < -0.39 is 11.5 Å². The Morgan fingerprint density at radius 3 is 2.24 bits per heavy atom. The van der Waals surface area contributed by atoms with Gasteiger partial charge in [0.2, 0.25) is 0 Å². The minimum absolute atomic E-state index is 0.0152. The third-order valence-corrected chi connectivity index (χ3v) is 5.10. The van der Waals surface area contributed by atoms with Crippen molar-refractivity contribution in [1.29, 1.82) is 0 Å². The molecule has 1 atom stereocenters. The van der Waals surface area contributed by atoms with Gasteiger partial charge in [-0.1, -0.05) is 18.6 Å². The van der Waals surface area contributed by atoms with E-state index in [1.54, 1.807) is 0 Å². The van der Waals surface area contributed by atoms with Crippen LogP contribution in [0.2, 0.25) is 0 Å². The molecule has 1 saturated heterocycles. The van der Waals surface area contributed by atoms with Crippen molar-refractivity contribution >= 4 is 11.8 Å². The third-order valence-electron chi connectivity index (χ3n) is 5.10. The Kier molecular flexibility index (Phi) is 3.39. The van der Waals surface area contributed by atoms with E-state index in [2.05, 4.69) is 6.07 Å². The molecule has 1 unspecified atom stereocenters. The SMILES string of the molecule is Cc1cc(C)c(C2C(=O)OC3(CCCCC3)C2=O)cc1C. The molecule has 1 spiro atoms. The third kappa shape index (κ3) is 2.19. The summed E-state index contributed by atoms with van der Waals surface area (Å²) < 4.78 is 5.61. The fraction of sp³-hybridized carbons (Fsp3) is 0.556. The molecular formula is C18H22O3. The minimum atomic E-state index is -0.828. The molecule has 0 amide bonds. The number of Topliss-reactive ketones (excluding diaryl/α,β-unsaturated/α-hetero) is 1. The molecule has 21 heavy (non-hydrogen) atoms. The van der Waals surface area contributed by atoms with Gasteiger partial charge >= 0.3 is 5.97 Å². The minimum Gasteiger partial charge on any atom is -0.450 e. The molecule has 2 aliphatic rings. The summed E-state index contributed by atoms with van der Waals surface area (Å²) in [5.74, 6) is -1.09. The van der Waals surface area contributed by atoms with Crippen LogP contribution in [0.15, 0.2) is 12.1 Å². The van der Waals surface area contributed by atoms with Crippen LogP contribution < -0.4 is 0 Å². The fourth-order valence-corrected chi connectivity index (χ4v) is 3.71. The van der Waals surface area contributed by atoms with Crippen LogP contribution in [0.25, 0.3) is 0 Å². The highest BCUT2D eigenvalue weighted by Crippen LogP contribution is 2.44. The monoisotopic (exact) mass is 286 g/mol. The van der Waals surface area contributed by atoms with Crippen LogP contribution in [0.5, 0.6) is 0 Å². The highest BCUT2D eigenvalue weighted by atomic mass is 16.6. The number of ether oxygens (including phenoxy) is 1. The smallest absolute Gasteiger partial charge is 0.322 e. The van der Waals surface area contributed by atoms with Gasteiger partial charge in [-0.05, 0) is 68.7 Å². The standard InChI is InChI=1S/C18H22O3/c1-11-9-13(3)14(10-12(11)2)15-16(19)18(21-17(15)20)7-5-4-6-8-18/h9-10,15H,4-8H2,1-3H3. The van der Waals surface area contributed by atoms with E-state index in [0.717, 1.165) is 36.0 Å². The van der Waals surface area contributed by atoms with Crippen molar-refractivity contribution in [2.24, 2.45) is 0 Å². The van der Waals surface area contributed by atoms with Crippen LogP contribution >= 0.6 is 0 Å². The Labute approximate surface area is 125 Å². The molecule has 1 aromatic carbocycles. The lowest BCUT2D eigenvalue weighted by molar-refractivity contribution is -0.154. The first kappa shape index (κ1) is 14.3. The van der Waals surface area contributed by atoms with Gasteiger partial charge in [-0.15, -0.1) is 0 Å². The highest BCUT2D eigenvalue weighted by Gasteiger charge is 2.55. The van der Waals surface area contributed by atoms with E-state index in [9.17, 15) is 9.59 Å². The number of carbonyl (C=O) groups is 2. The first-order valence-corrected chi connectivity index (χ1v) is 7.79. The number of aryl methyl sites for hydroxylation is 3. The molecule has 112 valence electrons. The summed E-state index contributed by atoms with van der Waals surface area (Å²) in [5.41, 5.74) is 3.30. The Bertz CT molecular complexity index is 609. The van der Waals surface area contributed by atoms with Crippen molar-refractivity contribution in [2.45, 2.75) is 64.4 Å². The molecule has 1 heterocycles. The van der Waals surface area contributed by atoms with Gasteiger partial charge in [-0.25, -0.2) is 0 Å². The van der Waals surface area contributed by atoms with Crippen LogP contribution in [-0.2, 0) is 14.3 Å². The van der Waals surface area contributed by atoms with E-state index >= 15 is 0 Å². The average Bonchev–Trinajstić information content (AvgIpc) is 2.67. The fourth-order valence-electron chi connectivity index (χ4n) is 3.71. The van der Waals surface area contributed by atoms with Crippen molar-refractivity contribution in [3.8, 4) is 0 Å². The van der Waals surface area contributed by atoms with Gasteiger partial charge in [0.1, 0.15) is 5.92 Å². The van der Waals surface area contributed by atoms with Gasteiger partial charge in [-0.3, -0.25) is 9.59 Å². The van der Waals surface area contributed by atoms with E-state index in [1.807, 2.05) is 26.8 Å². The second kappa shape index (κ2) is 4.97. The van der Waals surface area contributed by atoms with Crippen molar-refractivity contribution in [1.82, 2.24) is 0 Å². The molecule has 2 fully saturated rings. The van der Waals surface area contributed by atoms with Crippen molar-refractivity contribution in [3.63, 3.8) is 0 Å². The summed E-state index contributed by atoms with van der Waals surface area (Å²) in [6.07, 6.45) is 4.45. The number of benzene rings is 1. The van der Waals surface area contributed by atoms with Crippen LogP contribution in [0.4, 0.5) is 0 Å². The normalized spacial score (nSPS) is 24.4. The van der Waals surface area contributed by atoms with Crippen molar-refractivity contribution in [3.05, 3.63) is 34.4 Å². The first-order chi connectivity index (χ1) is 9.94.